The van der Waals surface area contributed by atoms with Gasteiger partial charge in [0.1, 0.15) is 0 Å². The second-order valence-corrected chi connectivity index (χ2v) is 3.75. The smallest absolute Gasteiger partial charge is 0.222 e. The van der Waals surface area contributed by atoms with Crippen molar-refractivity contribution < 1.29 is 9.90 Å². The van der Waals surface area contributed by atoms with Gasteiger partial charge in [-0.05, 0) is 25.0 Å². The topological polar surface area (TPSA) is 53.4 Å². The Balaban J connectivity index is 2.34. The minimum absolute atomic E-state index is 0.0964. The lowest BCUT2D eigenvalue weighted by atomic mass is 10.2. The Morgan fingerprint density at radius 3 is 2.88 bits per heavy atom. The van der Waals surface area contributed by atoms with E-state index in [9.17, 15) is 4.79 Å². The number of aromatic nitrogens is 1. The molecule has 4 heteroatoms. The summed E-state index contributed by atoms with van der Waals surface area (Å²) >= 11 is 0. The van der Waals surface area contributed by atoms with Gasteiger partial charge in [-0.1, -0.05) is 6.07 Å². The molecule has 1 N–H and O–H groups in total. The molecule has 0 saturated heterocycles. The predicted molar refractivity (Wildman–Crippen MR) is 61.6 cm³/mol. The SMILES string of the molecule is CN(Cc1ccccn1)C(=O)CCCCO. The largest absolute Gasteiger partial charge is 0.396 e. The van der Waals surface area contributed by atoms with E-state index in [2.05, 4.69) is 4.98 Å². The van der Waals surface area contributed by atoms with Gasteiger partial charge in [0, 0.05) is 26.3 Å². The first-order valence-electron chi connectivity index (χ1n) is 5.48. The van der Waals surface area contributed by atoms with Crippen molar-refractivity contribution in [2.24, 2.45) is 0 Å². The zero-order valence-electron chi connectivity index (χ0n) is 9.59. The molecule has 0 aromatic carbocycles. The van der Waals surface area contributed by atoms with Gasteiger partial charge in [0.05, 0.1) is 12.2 Å². The highest BCUT2D eigenvalue weighted by Gasteiger charge is 2.08. The van der Waals surface area contributed by atoms with Gasteiger partial charge in [-0.25, -0.2) is 0 Å². The van der Waals surface area contributed by atoms with Gasteiger partial charge < -0.3 is 10.0 Å². The minimum atomic E-state index is 0.0964. The highest BCUT2D eigenvalue weighted by Crippen LogP contribution is 2.03. The van der Waals surface area contributed by atoms with Crippen LogP contribution in [0.25, 0.3) is 0 Å². The first-order chi connectivity index (χ1) is 7.74. The maximum atomic E-state index is 11.6. The monoisotopic (exact) mass is 222 g/mol. The Morgan fingerprint density at radius 1 is 1.44 bits per heavy atom. The number of hydrogen-bond acceptors (Lipinski definition) is 3. The molecule has 0 spiro atoms. The summed E-state index contributed by atoms with van der Waals surface area (Å²) in [6.07, 6.45) is 3.63. The first kappa shape index (κ1) is 12.6. The summed E-state index contributed by atoms with van der Waals surface area (Å²) < 4.78 is 0. The van der Waals surface area contributed by atoms with Crippen molar-refractivity contribution >= 4 is 5.91 Å². The number of unbranched alkanes of at least 4 members (excludes halogenated alkanes) is 1. The highest BCUT2D eigenvalue weighted by molar-refractivity contribution is 5.75. The number of aliphatic hydroxyl groups excluding tert-OH is 1. The molecule has 4 nitrogen and oxygen atoms in total. The maximum Gasteiger partial charge on any atom is 0.222 e. The minimum Gasteiger partial charge on any atom is -0.396 e. The number of carbonyl (C=O) groups is 1. The van der Waals surface area contributed by atoms with E-state index in [-0.39, 0.29) is 12.5 Å². The van der Waals surface area contributed by atoms with Crippen molar-refractivity contribution in [1.29, 1.82) is 0 Å². The number of aliphatic hydroxyl groups is 1. The Morgan fingerprint density at radius 2 is 2.25 bits per heavy atom. The molecule has 0 atom stereocenters. The first-order valence-corrected chi connectivity index (χ1v) is 5.48. The zero-order chi connectivity index (χ0) is 11.8. The van der Waals surface area contributed by atoms with Crippen LogP contribution in [0, 0.1) is 0 Å². The van der Waals surface area contributed by atoms with E-state index >= 15 is 0 Å². The van der Waals surface area contributed by atoms with Crippen molar-refractivity contribution in [3.8, 4) is 0 Å². The Kier molecular flexibility index (Phi) is 5.50. The lowest BCUT2D eigenvalue weighted by Crippen LogP contribution is -2.26. The summed E-state index contributed by atoms with van der Waals surface area (Å²) in [5, 5.41) is 8.62. The molecule has 1 heterocycles. The maximum absolute atomic E-state index is 11.6. The van der Waals surface area contributed by atoms with Gasteiger partial charge in [-0.2, -0.15) is 0 Å². The molecule has 16 heavy (non-hydrogen) atoms. The third-order valence-electron chi connectivity index (χ3n) is 2.35. The van der Waals surface area contributed by atoms with Crippen LogP contribution >= 0.6 is 0 Å². The van der Waals surface area contributed by atoms with Crippen LogP contribution in [0.5, 0.6) is 0 Å². The van der Waals surface area contributed by atoms with Crippen LogP contribution < -0.4 is 0 Å². The summed E-state index contributed by atoms with van der Waals surface area (Å²) in [6.45, 7) is 0.691. The number of pyridine rings is 1. The van der Waals surface area contributed by atoms with Crippen LogP contribution in [0.1, 0.15) is 25.0 Å². The molecular weight excluding hydrogens is 204 g/mol. The van der Waals surface area contributed by atoms with Crippen LogP contribution in [0.4, 0.5) is 0 Å². The number of rotatable bonds is 6. The molecule has 0 aliphatic carbocycles. The molecule has 0 bridgehead atoms. The predicted octanol–water partition coefficient (Wildman–Crippen LogP) is 1.20. The van der Waals surface area contributed by atoms with Gasteiger partial charge in [0.2, 0.25) is 5.91 Å². The van der Waals surface area contributed by atoms with E-state index in [1.165, 1.54) is 0 Å². The molecule has 88 valence electrons. The number of hydrogen-bond donors (Lipinski definition) is 1. The van der Waals surface area contributed by atoms with Gasteiger partial charge in [-0.15, -0.1) is 0 Å². The molecule has 0 unspecified atom stereocenters. The quantitative estimate of drug-likeness (QED) is 0.736. The Bertz CT molecular complexity index is 314. The fraction of sp³-hybridized carbons (Fsp3) is 0.500. The average molecular weight is 222 g/mol. The molecule has 0 aliphatic heterocycles. The van der Waals surface area contributed by atoms with Crippen molar-refractivity contribution in [3.63, 3.8) is 0 Å². The molecule has 0 fully saturated rings. The fourth-order valence-electron chi connectivity index (χ4n) is 1.40. The van der Waals surface area contributed by atoms with E-state index in [1.807, 2.05) is 18.2 Å². The Labute approximate surface area is 95.9 Å². The fourth-order valence-corrected chi connectivity index (χ4v) is 1.40. The van der Waals surface area contributed by atoms with Crippen LogP contribution in [0.2, 0.25) is 0 Å². The normalized spacial score (nSPS) is 10.1. The van der Waals surface area contributed by atoms with E-state index in [4.69, 9.17) is 5.11 Å². The van der Waals surface area contributed by atoms with Gasteiger partial charge >= 0.3 is 0 Å². The Hall–Kier alpha value is -1.42. The van der Waals surface area contributed by atoms with Crippen molar-refractivity contribution in [2.45, 2.75) is 25.8 Å². The summed E-state index contributed by atoms with van der Waals surface area (Å²) in [5.74, 6) is 0.0964. The van der Waals surface area contributed by atoms with Gasteiger partial charge in [0.15, 0.2) is 0 Å². The average Bonchev–Trinajstić information content (AvgIpc) is 2.30. The van der Waals surface area contributed by atoms with E-state index in [1.54, 1.807) is 18.1 Å². The van der Waals surface area contributed by atoms with Crippen molar-refractivity contribution in [1.82, 2.24) is 9.88 Å². The summed E-state index contributed by atoms with van der Waals surface area (Å²) in [6, 6.07) is 5.66. The van der Waals surface area contributed by atoms with Crippen LogP contribution in [-0.2, 0) is 11.3 Å². The van der Waals surface area contributed by atoms with Crippen molar-refractivity contribution in [2.75, 3.05) is 13.7 Å². The molecule has 1 amide bonds. The third-order valence-corrected chi connectivity index (χ3v) is 2.35. The van der Waals surface area contributed by atoms with Crippen LogP contribution in [0.3, 0.4) is 0 Å². The number of amides is 1. The second-order valence-electron chi connectivity index (χ2n) is 3.75. The summed E-state index contributed by atoms with van der Waals surface area (Å²) in [7, 11) is 1.77. The van der Waals surface area contributed by atoms with E-state index in [0.29, 0.717) is 19.4 Å². The standard InChI is InChI=1S/C12H18N2O2/c1-14(12(16)7-3-5-9-15)10-11-6-2-4-8-13-11/h2,4,6,8,15H,3,5,7,9-10H2,1H3. The third kappa shape index (κ3) is 4.40. The molecule has 0 aliphatic rings. The summed E-state index contributed by atoms with van der Waals surface area (Å²) in [4.78, 5) is 17.5. The van der Waals surface area contributed by atoms with Gasteiger partial charge in [0.25, 0.3) is 0 Å². The molecule has 1 aromatic rings. The molecule has 1 rings (SSSR count). The summed E-state index contributed by atoms with van der Waals surface area (Å²) in [5.41, 5.74) is 0.889. The van der Waals surface area contributed by atoms with Crippen LogP contribution in [-0.4, -0.2) is 34.6 Å². The second kappa shape index (κ2) is 6.95. The number of nitrogens with zero attached hydrogens (tertiary/aromatic N) is 2. The van der Waals surface area contributed by atoms with E-state index in [0.717, 1.165) is 12.1 Å². The van der Waals surface area contributed by atoms with Crippen LogP contribution in [0.15, 0.2) is 24.4 Å². The lowest BCUT2D eigenvalue weighted by Gasteiger charge is -2.16. The van der Waals surface area contributed by atoms with E-state index < -0.39 is 0 Å². The highest BCUT2D eigenvalue weighted by atomic mass is 16.3. The lowest BCUT2D eigenvalue weighted by molar-refractivity contribution is -0.130. The van der Waals surface area contributed by atoms with Gasteiger partial charge in [-0.3, -0.25) is 9.78 Å². The molecule has 0 saturated carbocycles. The number of carbonyl (C=O) groups excluding carboxylic acids is 1. The molecular formula is C12H18N2O2. The molecule has 0 radical (unpaired) electrons. The van der Waals surface area contributed by atoms with Crippen molar-refractivity contribution in [3.05, 3.63) is 30.1 Å². The zero-order valence-corrected chi connectivity index (χ0v) is 9.59. The molecule has 1 aromatic heterocycles.